The van der Waals surface area contributed by atoms with Crippen LogP contribution in [-0.2, 0) is 49.7 Å². The minimum absolute atomic E-state index is 0.0264. The average Bonchev–Trinajstić information content (AvgIpc) is 1.80. The number of benzene rings is 10. The molecule has 4 aliphatic heterocycles. The standard InChI is InChI=1S/C77H82O8/c1-6-73(39-80-40-73)37-78-29-10-28-77(49-84-45-75(8-3)43-82-44-75)67-35-54(61-21-15-52-11-13-56-31-51(27-30-79-38-74(7-2)41-81-42-74)32-57-19-25-65(61)71(52)69(56)57)17-23-63(67)64-24-18-55(36-68(64)77)62-22-16-53-12-14-58-33-60(34-59-20-26-66(62)72(53)70(58)59)50(5)85-48-76(9-4)46-83-47-76/h11-26,31-36,50H,6-10,27-30,37-49H2,1-5H3. The van der Waals surface area contributed by atoms with Gasteiger partial charge in [0.05, 0.1) is 98.6 Å². The zero-order valence-electron chi connectivity index (χ0n) is 50.6. The Morgan fingerprint density at radius 2 is 0.812 bits per heavy atom. The van der Waals surface area contributed by atoms with Crippen LogP contribution in [0, 0.1) is 21.7 Å². The first-order valence-corrected chi connectivity index (χ1v) is 32.0. The van der Waals surface area contributed by atoms with Gasteiger partial charge in [0.2, 0.25) is 0 Å². The molecule has 10 aromatic carbocycles. The highest BCUT2D eigenvalue weighted by Gasteiger charge is 2.46. The molecule has 2 unspecified atom stereocenters. The van der Waals surface area contributed by atoms with Gasteiger partial charge >= 0.3 is 0 Å². The van der Waals surface area contributed by atoms with Crippen LogP contribution >= 0.6 is 0 Å². The van der Waals surface area contributed by atoms with E-state index in [0.29, 0.717) is 33.0 Å². The van der Waals surface area contributed by atoms with Gasteiger partial charge in [0.25, 0.3) is 0 Å². The number of hydrogen-bond donors (Lipinski definition) is 0. The SMILES string of the molecule is CCC1(COCCCC2(COCC3(CC)COC3)c3cc(-c4ccc5ccc6cc(CCOCC7(CC)COC7)cc7ccc4c5c67)ccc3-c3ccc(-c4ccc5ccc6cc(C(C)OCC7(CC)COC7)cc7ccc4c5c67)cc32)COC1. The van der Waals surface area contributed by atoms with Crippen LogP contribution in [0.15, 0.2) is 133 Å². The highest BCUT2D eigenvalue weighted by atomic mass is 16.5. The summed E-state index contributed by atoms with van der Waals surface area (Å²) in [5.41, 5.74) is 12.8. The Hall–Kier alpha value is -6.04. The van der Waals surface area contributed by atoms with E-state index in [1.54, 1.807) is 0 Å². The van der Waals surface area contributed by atoms with Crippen molar-refractivity contribution < 1.29 is 37.9 Å². The Kier molecular flexibility index (Phi) is 14.4. The van der Waals surface area contributed by atoms with Crippen molar-refractivity contribution in [1.29, 1.82) is 0 Å². The van der Waals surface area contributed by atoms with Crippen LogP contribution in [0.25, 0.3) is 98.0 Å². The van der Waals surface area contributed by atoms with Crippen molar-refractivity contribution in [2.75, 3.05) is 99.1 Å². The van der Waals surface area contributed by atoms with E-state index < -0.39 is 5.41 Å². The van der Waals surface area contributed by atoms with Gasteiger partial charge in [-0.15, -0.1) is 0 Å². The normalized spacial score (nSPS) is 20.2. The molecule has 15 rings (SSSR count). The van der Waals surface area contributed by atoms with Gasteiger partial charge in [0.15, 0.2) is 0 Å². The van der Waals surface area contributed by atoms with Crippen molar-refractivity contribution in [2.45, 2.75) is 91.1 Å². The zero-order valence-corrected chi connectivity index (χ0v) is 50.6. The third-order valence-electron chi connectivity index (χ3n) is 21.6. The van der Waals surface area contributed by atoms with Crippen molar-refractivity contribution in [3.8, 4) is 33.4 Å². The Balaban J connectivity index is 0.813. The van der Waals surface area contributed by atoms with Crippen molar-refractivity contribution in [2.24, 2.45) is 21.7 Å². The Morgan fingerprint density at radius 1 is 0.400 bits per heavy atom. The van der Waals surface area contributed by atoms with Crippen LogP contribution in [0.5, 0.6) is 0 Å². The maximum absolute atomic E-state index is 7.25. The van der Waals surface area contributed by atoms with Gasteiger partial charge in [-0.1, -0.05) is 137 Å². The number of ether oxygens (including phenoxy) is 8. The fraction of sp³-hybridized carbons (Fsp3) is 0.429. The molecule has 2 atom stereocenters. The van der Waals surface area contributed by atoms with E-state index in [-0.39, 0.29) is 27.8 Å². The summed E-state index contributed by atoms with van der Waals surface area (Å²) in [6.07, 6.45) is 6.86. The molecule has 1 aliphatic carbocycles. The summed E-state index contributed by atoms with van der Waals surface area (Å²) < 4.78 is 49.6. The van der Waals surface area contributed by atoms with Crippen molar-refractivity contribution in [3.63, 3.8) is 0 Å². The van der Waals surface area contributed by atoms with E-state index in [1.807, 2.05) is 0 Å². The smallest absolute Gasteiger partial charge is 0.0797 e. The van der Waals surface area contributed by atoms with Gasteiger partial charge in [-0.3, -0.25) is 0 Å². The summed E-state index contributed by atoms with van der Waals surface area (Å²) in [7, 11) is 0. The maximum atomic E-state index is 7.25. The molecule has 0 spiro atoms. The molecule has 4 heterocycles. The van der Waals surface area contributed by atoms with E-state index in [0.717, 1.165) is 111 Å². The fourth-order valence-electron chi connectivity index (χ4n) is 15.1. The molecular weight excluding hydrogens is 1050 g/mol. The number of rotatable bonds is 25. The topological polar surface area (TPSA) is 73.8 Å². The van der Waals surface area contributed by atoms with Crippen molar-refractivity contribution in [3.05, 3.63) is 156 Å². The van der Waals surface area contributed by atoms with E-state index in [4.69, 9.17) is 37.9 Å². The van der Waals surface area contributed by atoms with Crippen molar-refractivity contribution >= 4 is 64.6 Å². The average molecular weight is 1140 g/mol. The molecule has 0 N–H and O–H groups in total. The molecule has 0 amide bonds. The second-order valence-electron chi connectivity index (χ2n) is 26.9. The zero-order chi connectivity index (χ0) is 57.5. The quantitative estimate of drug-likeness (QED) is 0.0414. The maximum Gasteiger partial charge on any atom is 0.0797 e. The second-order valence-corrected chi connectivity index (χ2v) is 26.9. The van der Waals surface area contributed by atoms with Crippen LogP contribution in [0.3, 0.4) is 0 Å². The summed E-state index contributed by atoms with van der Waals surface area (Å²) in [5.74, 6) is 0. The molecule has 0 bridgehead atoms. The largest absolute Gasteiger partial charge is 0.381 e. The van der Waals surface area contributed by atoms with Gasteiger partial charge in [0.1, 0.15) is 0 Å². The molecule has 0 aromatic heterocycles. The molecule has 4 fully saturated rings. The van der Waals surface area contributed by atoms with Crippen LogP contribution in [-0.4, -0.2) is 99.1 Å². The first-order valence-electron chi connectivity index (χ1n) is 32.0. The van der Waals surface area contributed by atoms with Crippen molar-refractivity contribution in [1.82, 2.24) is 0 Å². The van der Waals surface area contributed by atoms with Crippen LogP contribution in [0.1, 0.15) is 102 Å². The molecule has 8 heteroatoms. The summed E-state index contributed by atoms with van der Waals surface area (Å²) >= 11 is 0. The van der Waals surface area contributed by atoms with E-state index >= 15 is 0 Å². The summed E-state index contributed by atoms with van der Waals surface area (Å²) in [5, 5.41) is 15.4. The lowest BCUT2D eigenvalue weighted by molar-refractivity contribution is -0.159. The molecule has 438 valence electrons. The highest BCUT2D eigenvalue weighted by Crippen LogP contribution is 2.55. The van der Waals surface area contributed by atoms with Gasteiger partial charge in [-0.25, -0.2) is 0 Å². The minimum Gasteiger partial charge on any atom is -0.381 e. The van der Waals surface area contributed by atoms with Crippen LogP contribution in [0.4, 0.5) is 0 Å². The lowest BCUT2D eigenvalue weighted by Gasteiger charge is -2.42. The van der Waals surface area contributed by atoms with Gasteiger partial charge < -0.3 is 37.9 Å². The predicted molar refractivity (Wildman–Crippen MR) is 345 cm³/mol. The third-order valence-corrected chi connectivity index (χ3v) is 21.6. The molecule has 4 saturated heterocycles. The molecular formula is C77H82O8. The molecule has 85 heavy (non-hydrogen) atoms. The van der Waals surface area contributed by atoms with Crippen LogP contribution < -0.4 is 0 Å². The molecule has 0 radical (unpaired) electrons. The fourth-order valence-corrected chi connectivity index (χ4v) is 15.1. The lowest BCUT2D eigenvalue weighted by atomic mass is 9.73. The lowest BCUT2D eigenvalue weighted by Crippen LogP contribution is -2.46. The number of hydrogen-bond acceptors (Lipinski definition) is 8. The van der Waals surface area contributed by atoms with Gasteiger partial charge in [-0.2, -0.15) is 0 Å². The second kappa shape index (κ2) is 22.0. The van der Waals surface area contributed by atoms with Gasteiger partial charge in [0, 0.05) is 33.7 Å². The highest BCUT2D eigenvalue weighted by molar-refractivity contribution is 6.27. The summed E-state index contributed by atoms with van der Waals surface area (Å²) in [4.78, 5) is 0. The Labute approximate surface area is 501 Å². The predicted octanol–water partition coefficient (Wildman–Crippen LogP) is 17.2. The molecule has 8 nitrogen and oxygen atoms in total. The van der Waals surface area contributed by atoms with E-state index in [9.17, 15) is 0 Å². The Bertz CT molecular complexity index is 4050. The minimum atomic E-state index is -0.463. The third kappa shape index (κ3) is 9.47. The molecule has 5 aliphatic rings. The summed E-state index contributed by atoms with van der Waals surface area (Å²) in [6, 6.07) is 52.3. The Morgan fingerprint density at radius 3 is 1.28 bits per heavy atom. The molecule has 0 saturated carbocycles. The first-order chi connectivity index (χ1) is 41.6. The summed E-state index contributed by atoms with van der Waals surface area (Å²) in [6.45, 7) is 22.3. The first kappa shape index (κ1) is 55.5. The van der Waals surface area contributed by atoms with Crippen LogP contribution in [0.2, 0.25) is 0 Å². The number of fused-ring (bicyclic) bond motifs is 3. The van der Waals surface area contributed by atoms with E-state index in [1.165, 1.54) is 120 Å². The monoisotopic (exact) mass is 1130 g/mol. The van der Waals surface area contributed by atoms with Gasteiger partial charge in [-0.05, 0) is 196 Å². The van der Waals surface area contributed by atoms with E-state index in [2.05, 4.69) is 168 Å². The molecule has 10 aromatic rings.